The minimum atomic E-state index is -4.23. The summed E-state index contributed by atoms with van der Waals surface area (Å²) in [6, 6.07) is 9.87. The maximum Gasteiger partial charge on any atom is 0.393 e. The molecule has 0 aliphatic carbocycles. The van der Waals surface area contributed by atoms with Gasteiger partial charge in [-0.25, -0.2) is 9.97 Å². The number of thiophene rings is 1. The van der Waals surface area contributed by atoms with E-state index in [2.05, 4.69) is 43.8 Å². The van der Waals surface area contributed by atoms with Gasteiger partial charge in [0.05, 0.1) is 11.8 Å². The summed E-state index contributed by atoms with van der Waals surface area (Å²) >= 11 is 1.09. The lowest BCUT2D eigenvalue weighted by molar-refractivity contribution is -0.126. The number of nitrogens with one attached hydrogen (secondary N) is 1. The second-order valence-corrected chi connectivity index (χ2v) is 11.0. The van der Waals surface area contributed by atoms with Crippen LogP contribution in [0.4, 0.5) is 19.0 Å². The van der Waals surface area contributed by atoms with Gasteiger partial charge >= 0.3 is 6.18 Å². The van der Waals surface area contributed by atoms with Crippen LogP contribution >= 0.6 is 11.3 Å². The van der Waals surface area contributed by atoms with Crippen LogP contribution in [-0.2, 0) is 13.0 Å². The molecule has 2 aliphatic rings. The van der Waals surface area contributed by atoms with Gasteiger partial charge in [-0.1, -0.05) is 6.07 Å². The molecule has 2 saturated heterocycles. The third-order valence-corrected chi connectivity index (χ3v) is 8.35. The molecule has 0 bridgehead atoms. The summed E-state index contributed by atoms with van der Waals surface area (Å²) in [5, 5.41) is 11.0. The van der Waals surface area contributed by atoms with Gasteiger partial charge in [-0.15, -0.1) is 11.3 Å². The van der Waals surface area contributed by atoms with Crippen LogP contribution in [0, 0.1) is 23.7 Å². The van der Waals surface area contributed by atoms with Crippen molar-refractivity contribution in [3.8, 4) is 6.07 Å². The zero-order chi connectivity index (χ0) is 24.4. The number of nitrogens with zero attached hydrogens (tertiary/aromatic N) is 5. The van der Waals surface area contributed by atoms with Crippen LogP contribution < -0.4 is 4.90 Å². The predicted octanol–water partition coefficient (Wildman–Crippen LogP) is 5.17. The van der Waals surface area contributed by atoms with Crippen molar-refractivity contribution in [3.63, 3.8) is 0 Å². The van der Waals surface area contributed by atoms with Gasteiger partial charge in [0.2, 0.25) is 0 Å². The molecule has 1 N–H and O–H groups in total. The van der Waals surface area contributed by atoms with Crippen molar-refractivity contribution in [3.05, 3.63) is 52.3 Å². The van der Waals surface area contributed by atoms with E-state index in [0.29, 0.717) is 15.9 Å². The monoisotopic (exact) mass is 496 g/mol. The van der Waals surface area contributed by atoms with Crippen molar-refractivity contribution in [1.82, 2.24) is 19.9 Å². The van der Waals surface area contributed by atoms with E-state index in [0.717, 1.165) is 67.2 Å². The van der Waals surface area contributed by atoms with E-state index in [1.165, 1.54) is 17.5 Å². The van der Waals surface area contributed by atoms with Crippen molar-refractivity contribution in [1.29, 1.82) is 5.26 Å². The molecule has 1 aromatic carbocycles. The van der Waals surface area contributed by atoms with Crippen LogP contribution in [0.1, 0.15) is 28.1 Å². The molecule has 0 amide bonds. The summed E-state index contributed by atoms with van der Waals surface area (Å²) < 4.78 is 38.6. The van der Waals surface area contributed by atoms with E-state index < -0.39 is 12.6 Å². The standard InChI is InChI=1S/C25H23F3N6S/c1-15-16(2-3-21-19(15)6-17(9-29)32-21)10-33-5-4-24(11-33)12-34(13-24)22-20-7-18(8-25(26,27)28)35-23(20)31-14-30-22/h2-3,6-7,14,32H,4-5,8,10-13H2,1H3. The van der Waals surface area contributed by atoms with Crippen LogP contribution in [0.5, 0.6) is 0 Å². The van der Waals surface area contributed by atoms with Gasteiger partial charge < -0.3 is 9.88 Å². The molecule has 4 aromatic rings. The van der Waals surface area contributed by atoms with E-state index in [1.54, 1.807) is 6.07 Å². The molecule has 2 aliphatic heterocycles. The molecule has 6 rings (SSSR count). The summed E-state index contributed by atoms with van der Waals surface area (Å²) in [5.41, 5.74) is 4.21. The molecule has 0 unspecified atom stereocenters. The fraction of sp³-hybridized carbons (Fsp3) is 0.400. The molecule has 0 radical (unpaired) electrons. The van der Waals surface area contributed by atoms with Gasteiger partial charge in [0.1, 0.15) is 28.7 Å². The number of anilines is 1. The van der Waals surface area contributed by atoms with Crippen LogP contribution in [0.3, 0.4) is 0 Å². The molecular formula is C25H23F3N6S. The number of rotatable bonds is 4. The third-order valence-electron chi connectivity index (χ3n) is 7.30. The minimum Gasteiger partial charge on any atom is -0.355 e. The summed E-state index contributed by atoms with van der Waals surface area (Å²) in [7, 11) is 0. The highest BCUT2D eigenvalue weighted by atomic mass is 32.1. The maximum atomic E-state index is 12.9. The molecule has 10 heteroatoms. The van der Waals surface area contributed by atoms with Gasteiger partial charge in [-0.2, -0.15) is 18.4 Å². The first-order valence-electron chi connectivity index (χ1n) is 11.5. The number of halogens is 3. The molecule has 5 heterocycles. The first-order chi connectivity index (χ1) is 16.7. The number of nitriles is 1. The molecule has 2 fully saturated rings. The fourth-order valence-corrected chi connectivity index (χ4v) is 6.65. The average molecular weight is 497 g/mol. The molecule has 1 spiro atoms. The SMILES string of the molecule is Cc1c(CN2CCC3(C2)CN(c2ncnc4sc(CC(F)(F)F)cc24)C3)ccc2[nH]c(C#N)cc12. The Morgan fingerprint density at radius 2 is 2.00 bits per heavy atom. The molecule has 3 aromatic heterocycles. The van der Waals surface area contributed by atoms with Crippen LogP contribution in [0.25, 0.3) is 21.1 Å². The van der Waals surface area contributed by atoms with Gasteiger partial charge in [-0.05, 0) is 49.2 Å². The highest BCUT2D eigenvalue weighted by molar-refractivity contribution is 7.18. The number of hydrogen-bond acceptors (Lipinski definition) is 6. The zero-order valence-corrected chi connectivity index (χ0v) is 19.9. The third kappa shape index (κ3) is 4.02. The largest absolute Gasteiger partial charge is 0.393 e. The number of aromatic nitrogens is 3. The first kappa shape index (κ1) is 22.3. The van der Waals surface area contributed by atoms with Crippen LogP contribution in [-0.4, -0.2) is 52.2 Å². The number of aryl methyl sites for hydroxylation is 1. The van der Waals surface area contributed by atoms with Crippen molar-refractivity contribution >= 4 is 38.3 Å². The zero-order valence-electron chi connectivity index (χ0n) is 19.1. The Bertz CT molecular complexity index is 1470. The van der Waals surface area contributed by atoms with Crippen LogP contribution in [0.2, 0.25) is 0 Å². The Balaban J connectivity index is 1.15. The Labute approximate surface area is 204 Å². The van der Waals surface area contributed by atoms with E-state index in [-0.39, 0.29) is 10.3 Å². The molecule has 6 nitrogen and oxygen atoms in total. The number of fused-ring (bicyclic) bond motifs is 2. The maximum absolute atomic E-state index is 12.9. The molecule has 35 heavy (non-hydrogen) atoms. The second kappa shape index (κ2) is 7.93. The molecular weight excluding hydrogens is 473 g/mol. The van der Waals surface area contributed by atoms with Crippen molar-refractivity contribution < 1.29 is 13.2 Å². The van der Waals surface area contributed by atoms with Gasteiger partial charge in [0.25, 0.3) is 0 Å². The normalized spacial score (nSPS) is 18.0. The van der Waals surface area contributed by atoms with Crippen molar-refractivity contribution in [2.24, 2.45) is 5.41 Å². The van der Waals surface area contributed by atoms with Gasteiger partial charge in [0, 0.05) is 47.4 Å². The second-order valence-electron chi connectivity index (χ2n) is 9.84. The highest BCUT2D eigenvalue weighted by Crippen LogP contribution is 2.44. The summed E-state index contributed by atoms with van der Waals surface area (Å²) in [6.45, 7) is 6.66. The fourth-order valence-electron chi connectivity index (χ4n) is 5.63. The topological polar surface area (TPSA) is 71.8 Å². The number of benzene rings is 1. The average Bonchev–Trinajstić information content (AvgIpc) is 3.49. The highest BCUT2D eigenvalue weighted by Gasteiger charge is 2.48. The number of hydrogen-bond donors (Lipinski definition) is 1. The molecule has 0 saturated carbocycles. The lowest BCUT2D eigenvalue weighted by Gasteiger charge is -2.49. The predicted molar refractivity (Wildman–Crippen MR) is 129 cm³/mol. The first-order valence-corrected chi connectivity index (χ1v) is 12.3. The van der Waals surface area contributed by atoms with Crippen LogP contribution in [0.15, 0.2) is 30.6 Å². The quantitative estimate of drug-likeness (QED) is 0.422. The van der Waals surface area contributed by atoms with Crippen molar-refractivity contribution in [2.75, 3.05) is 31.1 Å². The number of H-pyrrole nitrogens is 1. The number of aromatic amines is 1. The van der Waals surface area contributed by atoms with E-state index in [9.17, 15) is 18.4 Å². The Morgan fingerprint density at radius 3 is 2.77 bits per heavy atom. The number of alkyl halides is 3. The van der Waals surface area contributed by atoms with E-state index in [4.69, 9.17) is 0 Å². The van der Waals surface area contributed by atoms with Gasteiger partial charge in [0.15, 0.2) is 0 Å². The molecule has 180 valence electrons. The minimum absolute atomic E-state index is 0.183. The summed E-state index contributed by atoms with van der Waals surface area (Å²) in [6.07, 6.45) is -2.62. The lowest BCUT2D eigenvalue weighted by Crippen LogP contribution is -2.58. The smallest absolute Gasteiger partial charge is 0.355 e. The van der Waals surface area contributed by atoms with E-state index in [1.807, 2.05) is 12.1 Å². The Hall–Kier alpha value is -3.16. The Morgan fingerprint density at radius 1 is 1.17 bits per heavy atom. The van der Waals surface area contributed by atoms with Gasteiger partial charge in [-0.3, -0.25) is 4.90 Å². The number of likely N-dealkylation sites (tertiary alicyclic amines) is 1. The molecule has 0 atom stereocenters. The summed E-state index contributed by atoms with van der Waals surface area (Å²) in [4.78, 5) is 17.3. The summed E-state index contributed by atoms with van der Waals surface area (Å²) in [5.74, 6) is 0.741. The van der Waals surface area contributed by atoms with E-state index >= 15 is 0 Å². The van der Waals surface area contributed by atoms with Crippen molar-refractivity contribution in [2.45, 2.75) is 32.5 Å². The lowest BCUT2D eigenvalue weighted by atomic mass is 9.79. The Kier molecular flexibility index (Phi) is 5.06.